The van der Waals surface area contributed by atoms with Crippen molar-refractivity contribution in [3.8, 4) is 0 Å². The van der Waals surface area contributed by atoms with Crippen molar-refractivity contribution in [3.63, 3.8) is 0 Å². The van der Waals surface area contributed by atoms with E-state index in [0.29, 0.717) is 0 Å². The van der Waals surface area contributed by atoms with E-state index in [1.54, 1.807) is 0 Å². The van der Waals surface area contributed by atoms with E-state index < -0.39 is 24.1 Å². The van der Waals surface area contributed by atoms with Gasteiger partial charge in [-0.15, -0.1) is 0 Å². The molecule has 0 aromatic carbocycles. The minimum absolute atomic E-state index is 0. The third-order valence-electron chi connectivity index (χ3n) is 0.338. The van der Waals surface area contributed by atoms with Crippen LogP contribution in [0.5, 0.6) is 0 Å². The van der Waals surface area contributed by atoms with Gasteiger partial charge in [0.25, 0.3) is 0 Å². The molecule has 0 unspecified atom stereocenters. The second-order valence-corrected chi connectivity index (χ2v) is 1.17. The Morgan fingerprint density at radius 3 is 0.562 bits per heavy atom. The summed E-state index contributed by atoms with van der Waals surface area (Å²) >= 11 is 0. The average Bonchev–Trinajstić information content (AvgIpc) is 1.88. The molecule has 0 amide bonds. The maximum absolute atomic E-state index is 10.5. The molecule has 0 spiro atoms. The molecule has 4 N–H and O–H groups in total. The Hall–Kier alpha value is -5.60. The van der Waals surface area contributed by atoms with Crippen LogP contribution in [-0.4, -0.2) is 20.4 Å². The monoisotopic (exact) mass is 1260 g/mol. The molecule has 0 saturated carbocycles. The second-order valence-electron chi connectivity index (χ2n) is 1.17. The first kappa shape index (κ1) is 47.5. The van der Waals surface area contributed by atoms with Gasteiger partial charge in [-0.2, -0.15) is 17.6 Å². The second kappa shape index (κ2) is 16.2. The summed E-state index contributed by atoms with van der Waals surface area (Å²) in [6.07, 6.45) is -4.93. The van der Waals surface area contributed by atoms with Gasteiger partial charge in [-0.1, -0.05) is 0 Å². The zero-order valence-corrected chi connectivity index (χ0v) is 33.7. The van der Waals surface area contributed by atoms with Crippen molar-refractivity contribution in [1.82, 2.24) is 0 Å². The first-order valence-electron chi connectivity index (χ1n) is 2.15. The molecule has 0 saturated heterocycles. The molecule has 16 heavy (non-hydrogen) atoms. The van der Waals surface area contributed by atoms with Crippen molar-refractivity contribution in [1.29, 1.82) is 0 Å². The summed E-state index contributed by atoms with van der Waals surface area (Å²) in [5.41, 5.74) is 0. The summed E-state index contributed by atoms with van der Waals surface area (Å²) in [5, 5.41) is 29.3. The fraction of sp³-hybridized carbons (Fsp3) is 0. The molecule has 0 rings (SSSR count). The topological polar surface area (TPSA) is 80.9 Å². The molecule has 0 aliphatic heterocycles. The Bertz CT molecular complexity index is 154. The van der Waals surface area contributed by atoms with Crippen LogP contribution in [0.4, 0.5) is 17.6 Å². The van der Waals surface area contributed by atoms with Crippen LogP contribution in [0, 0.1) is 0 Å². The molecule has 0 atom stereocenters. The van der Waals surface area contributed by atoms with Crippen LogP contribution in [0.2, 0.25) is 0 Å². The van der Waals surface area contributed by atoms with Crippen molar-refractivity contribution >= 4 is 0 Å². The molecule has 80 valence electrons. The first-order valence-corrected chi connectivity index (χ1v) is 2.15. The van der Waals surface area contributed by atoms with Crippen molar-refractivity contribution in [2.45, 2.75) is 0 Å². The molecule has 4 nitrogen and oxygen atoms in total. The first-order chi connectivity index (χ1) is 5.29. The Kier molecular flexibility index (Phi) is 48.0. The zero-order chi connectivity index (χ0) is 10.3. The van der Waals surface area contributed by atoms with Crippen LogP contribution in [0.1, 0.15) is 0 Å². The number of halogens is 4. The number of hydrogen-bond acceptors (Lipinski definition) is 4. The number of aliphatic hydroxyl groups is 4. The van der Waals surface area contributed by atoms with E-state index in [4.69, 9.17) is 20.4 Å². The van der Waals surface area contributed by atoms with Crippen LogP contribution >= 0.6 is 0 Å². The van der Waals surface area contributed by atoms with Crippen LogP contribution < -0.4 is 0 Å². The minimum Gasteiger partial charge on any atom is -0.477 e. The predicted octanol–water partition coefficient (Wildman–Crippen LogP) is 2.34. The van der Waals surface area contributed by atoms with Crippen molar-refractivity contribution in [2.24, 2.45) is 0 Å². The zero-order valence-electron chi connectivity index (χ0n) is 8.13. The maximum Gasteiger partial charge on any atom is 0.349 e. The molecular weight excluding hydrogens is 1260 g/mol. The Balaban J connectivity index is -0.0000000250. The van der Waals surface area contributed by atoms with Gasteiger partial charge in [0, 0.05) is 0 Å². The summed E-state index contributed by atoms with van der Waals surface area (Å²) < 4.78 is 42.1. The quantitative estimate of drug-likeness (QED) is 0.222. The van der Waals surface area contributed by atoms with Gasteiger partial charge in [-0.25, -0.2) is 0 Å². The van der Waals surface area contributed by atoms with E-state index in [1.807, 2.05) is 0 Å². The van der Waals surface area contributed by atoms with Gasteiger partial charge in [0.05, 0.1) is 0 Å². The van der Waals surface area contributed by atoms with Gasteiger partial charge in [-0.3, -0.25) is 0 Å². The molecule has 0 radical (unpaired) electrons. The van der Waals surface area contributed by atoms with Crippen molar-refractivity contribution < 1.29 is 38.0 Å². The Morgan fingerprint density at radius 2 is 0.562 bits per heavy atom. The molecule has 12 heteroatoms. The van der Waals surface area contributed by atoms with Gasteiger partial charge in [-0.05, 0) is 0 Å². The van der Waals surface area contributed by atoms with E-state index in [-0.39, 0.29) is 0 Å². The van der Waals surface area contributed by atoms with Gasteiger partial charge < -0.3 is 20.4 Å². The van der Waals surface area contributed by atoms with Crippen LogP contribution in [0.25, 0.3) is 0 Å². The molecule has 0 heterocycles. The Morgan fingerprint density at radius 1 is 0.500 bits per heavy atom. The van der Waals surface area contributed by atoms with E-state index in [9.17, 15) is 17.6 Å². The third kappa shape index (κ3) is 79.9. The summed E-state index contributed by atoms with van der Waals surface area (Å²) in [7, 11) is 0. The van der Waals surface area contributed by atoms with Gasteiger partial charge in [0.15, 0.2) is 0 Å². The van der Waals surface area contributed by atoms with Crippen LogP contribution in [-0.2, 0) is 0 Å². The fourth-order valence-corrected chi connectivity index (χ4v) is 0. The predicted molar refractivity (Wildman–Crippen MR) is 29.0 cm³/mol. The van der Waals surface area contributed by atoms with E-state index in [2.05, 4.69) is 0 Å². The van der Waals surface area contributed by atoms with E-state index in [1.165, 1.54) is 0 Å². The average molecular weight is 1260 g/mol. The van der Waals surface area contributed by atoms with Crippen molar-refractivity contribution in [3.05, 3.63) is 24.1 Å². The molecule has 0 aromatic heterocycles. The van der Waals surface area contributed by atoms with Gasteiger partial charge in [0.2, 0.25) is 0 Å². The third-order valence-corrected chi connectivity index (χ3v) is 0.338. The molecular formula is C4H4F4O4Rf4. The summed E-state index contributed by atoms with van der Waals surface area (Å²) in [6.45, 7) is 0. The summed E-state index contributed by atoms with van der Waals surface area (Å²) in [6, 6.07) is 0. The standard InChI is InChI=1S/2C2H2F2O2.4Rf/c2*3-1(4)2(5)6;;;;/h2*5-6H;;;;. The number of aliphatic hydroxyl groups excluding tert-OH is 2. The summed E-state index contributed by atoms with van der Waals surface area (Å²) in [4.78, 5) is 0. The molecule has 0 bridgehead atoms. The fourth-order valence-electron chi connectivity index (χ4n) is 0. The molecule has 0 aliphatic rings. The number of rotatable bonds is 0. The molecule has 0 aromatic rings. The SMILES string of the molecule is OC(O)=C(F)F.OC(O)=C(F)F.[Rf].[Rf].[Rf].[Rf]. The van der Waals surface area contributed by atoms with Crippen LogP contribution in [0.15, 0.2) is 24.1 Å². The van der Waals surface area contributed by atoms with E-state index in [0.717, 1.165) is 0 Å². The normalized spacial score (nSPS) is 5.75. The minimum atomic E-state index is -2.46. The molecule has 0 aliphatic carbocycles. The number of hydrogen-bond donors (Lipinski definition) is 4. The van der Waals surface area contributed by atoms with Crippen molar-refractivity contribution in [2.75, 3.05) is 0 Å². The molecule has 0 fully saturated rings. The largest absolute Gasteiger partial charge is 0.477 e. The van der Waals surface area contributed by atoms with E-state index >= 15 is 0 Å². The maximum atomic E-state index is 10.5. The van der Waals surface area contributed by atoms with Gasteiger partial charge in [0.1, 0.15) is 0 Å². The van der Waals surface area contributed by atoms with Crippen LogP contribution in [0.3, 0.4) is 0 Å². The smallest absolute Gasteiger partial charge is 0.349 e. The summed E-state index contributed by atoms with van der Waals surface area (Å²) in [5.74, 6) is -3.81. The van der Waals surface area contributed by atoms with Gasteiger partial charge >= 0.3 is 24.1 Å². The Labute approximate surface area is 63.3 Å².